The average molecular weight is 334 g/mol. The summed E-state index contributed by atoms with van der Waals surface area (Å²) in [6, 6.07) is 2.67. The average Bonchev–Trinajstić information content (AvgIpc) is 2.17. The van der Waals surface area contributed by atoms with Gasteiger partial charge in [0.05, 0.1) is 10.5 Å². The number of nitrogens with zero attached hydrogens (tertiary/aromatic N) is 1. The van der Waals surface area contributed by atoms with Gasteiger partial charge in [0.2, 0.25) is 10.0 Å². The van der Waals surface area contributed by atoms with Gasteiger partial charge in [0, 0.05) is 17.6 Å². The molecule has 0 radical (unpaired) electrons. The first-order valence-corrected chi connectivity index (χ1v) is 7.61. The van der Waals surface area contributed by atoms with Gasteiger partial charge in [0.15, 0.2) is 0 Å². The molecule has 1 aliphatic heterocycles. The summed E-state index contributed by atoms with van der Waals surface area (Å²) in [6.07, 6.45) is 0.845. The van der Waals surface area contributed by atoms with Crippen LogP contribution in [0.1, 0.15) is 22.3 Å². The Balaban J connectivity index is 2.55. The Kier molecular flexibility index (Phi) is 3.48. The van der Waals surface area contributed by atoms with E-state index in [0.717, 1.165) is 6.42 Å². The van der Waals surface area contributed by atoms with Crippen LogP contribution in [0.4, 0.5) is 0 Å². The van der Waals surface area contributed by atoms with Crippen molar-refractivity contribution in [3.8, 4) is 0 Å². The van der Waals surface area contributed by atoms with Crippen molar-refractivity contribution in [2.75, 3.05) is 13.1 Å². The van der Waals surface area contributed by atoms with Crippen LogP contribution in [-0.2, 0) is 10.0 Å². The minimum Gasteiger partial charge on any atom is -0.478 e. The lowest BCUT2D eigenvalue weighted by Crippen LogP contribution is -2.41. The molecule has 0 amide bonds. The highest BCUT2D eigenvalue weighted by molar-refractivity contribution is 9.10. The molecule has 1 N–H and O–H groups in total. The number of hydrogen-bond acceptors (Lipinski definition) is 3. The third kappa shape index (κ3) is 2.17. The first-order chi connectivity index (χ1) is 8.34. The van der Waals surface area contributed by atoms with Gasteiger partial charge in [-0.3, -0.25) is 0 Å². The number of carboxylic acid groups (broad SMARTS) is 1. The van der Waals surface area contributed by atoms with Crippen LogP contribution in [0, 0.1) is 6.92 Å². The van der Waals surface area contributed by atoms with Crippen molar-refractivity contribution in [2.24, 2.45) is 0 Å². The van der Waals surface area contributed by atoms with Crippen molar-refractivity contribution in [1.29, 1.82) is 0 Å². The summed E-state index contributed by atoms with van der Waals surface area (Å²) >= 11 is 3.20. The number of hydrogen-bond donors (Lipinski definition) is 1. The van der Waals surface area contributed by atoms with Crippen molar-refractivity contribution in [3.63, 3.8) is 0 Å². The van der Waals surface area contributed by atoms with Gasteiger partial charge in [-0.1, -0.05) is 15.9 Å². The number of rotatable bonds is 3. The molecule has 0 atom stereocenters. The van der Waals surface area contributed by atoms with E-state index >= 15 is 0 Å². The van der Waals surface area contributed by atoms with Crippen LogP contribution in [0.25, 0.3) is 0 Å². The van der Waals surface area contributed by atoms with E-state index in [0.29, 0.717) is 23.1 Å². The molecule has 1 aliphatic rings. The fraction of sp³-hybridized carbons (Fsp3) is 0.364. The Hall–Kier alpha value is -0.920. The van der Waals surface area contributed by atoms with E-state index in [4.69, 9.17) is 5.11 Å². The van der Waals surface area contributed by atoms with E-state index in [9.17, 15) is 13.2 Å². The smallest absolute Gasteiger partial charge is 0.336 e. The normalized spacial score (nSPS) is 16.3. The molecule has 2 rings (SSSR count). The van der Waals surface area contributed by atoms with Gasteiger partial charge in [-0.05, 0) is 31.0 Å². The molecule has 98 valence electrons. The van der Waals surface area contributed by atoms with Gasteiger partial charge < -0.3 is 5.11 Å². The topological polar surface area (TPSA) is 74.7 Å². The lowest BCUT2D eigenvalue weighted by molar-refractivity contribution is 0.0695. The van der Waals surface area contributed by atoms with Crippen LogP contribution in [-0.4, -0.2) is 36.9 Å². The number of sulfonamides is 1. The molecule has 1 aromatic carbocycles. The van der Waals surface area contributed by atoms with Crippen molar-refractivity contribution in [3.05, 3.63) is 27.7 Å². The second kappa shape index (κ2) is 4.64. The Bertz CT molecular complexity index is 608. The summed E-state index contributed by atoms with van der Waals surface area (Å²) in [4.78, 5) is 11.1. The predicted molar refractivity (Wildman–Crippen MR) is 69.2 cm³/mol. The van der Waals surface area contributed by atoms with Gasteiger partial charge in [0.1, 0.15) is 0 Å². The molecule has 18 heavy (non-hydrogen) atoms. The van der Waals surface area contributed by atoms with Crippen LogP contribution < -0.4 is 0 Å². The van der Waals surface area contributed by atoms with Gasteiger partial charge >= 0.3 is 5.97 Å². The Morgan fingerprint density at radius 3 is 2.44 bits per heavy atom. The molecule has 1 fully saturated rings. The maximum Gasteiger partial charge on any atom is 0.336 e. The molecule has 0 bridgehead atoms. The number of carbonyl (C=O) groups is 1. The van der Waals surface area contributed by atoms with E-state index in [1.807, 2.05) is 0 Å². The van der Waals surface area contributed by atoms with Gasteiger partial charge in [0.25, 0.3) is 0 Å². The standard InChI is InChI=1S/C11H12BrNO4S/c1-7-9(11(14)15)5-8(6-10(7)12)18(16,17)13-3-2-4-13/h5-6H,2-4H2,1H3,(H,14,15). The van der Waals surface area contributed by atoms with E-state index in [-0.39, 0.29) is 10.5 Å². The lowest BCUT2D eigenvalue weighted by Gasteiger charge is -2.29. The minimum atomic E-state index is -3.56. The number of halogens is 1. The number of carboxylic acids is 1. The van der Waals surface area contributed by atoms with E-state index in [1.54, 1.807) is 6.92 Å². The first-order valence-electron chi connectivity index (χ1n) is 5.37. The van der Waals surface area contributed by atoms with E-state index in [2.05, 4.69) is 15.9 Å². The minimum absolute atomic E-state index is 0.00322. The second-order valence-corrected chi connectivity index (χ2v) is 6.93. The Morgan fingerprint density at radius 2 is 2.00 bits per heavy atom. The molecule has 0 spiro atoms. The third-order valence-electron chi connectivity index (χ3n) is 3.00. The number of aromatic carboxylic acids is 1. The predicted octanol–water partition coefficient (Wildman–Crippen LogP) is 1.85. The van der Waals surface area contributed by atoms with Crippen LogP contribution >= 0.6 is 15.9 Å². The van der Waals surface area contributed by atoms with Crippen molar-refractivity contribution >= 4 is 31.9 Å². The maximum atomic E-state index is 12.2. The molecular weight excluding hydrogens is 322 g/mol. The van der Waals surface area contributed by atoms with Gasteiger partial charge in [-0.2, -0.15) is 4.31 Å². The summed E-state index contributed by atoms with van der Waals surface area (Å²) in [5, 5.41) is 9.06. The van der Waals surface area contributed by atoms with Crippen molar-refractivity contribution in [2.45, 2.75) is 18.2 Å². The quantitative estimate of drug-likeness (QED) is 0.915. The Labute approximate surface area is 114 Å². The molecule has 1 aromatic rings. The molecule has 0 unspecified atom stereocenters. The van der Waals surface area contributed by atoms with E-state index in [1.165, 1.54) is 16.4 Å². The molecule has 7 heteroatoms. The largest absolute Gasteiger partial charge is 0.478 e. The summed E-state index contributed by atoms with van der Waals surface area (Å²) < 4.78 is 26.2. The SMILES string of the molecule is Cc1c(Br)cc(S(=O)(=O)N2CCC2)cc1C(=O)O. The highest BCUT2D eigenvalue weighted by Crippen LogP contribution is 2.28. The van der Waals surface area contributed by atoms with Crippen LogP contribution in [0.2, 0.25) is 0 Å². The van der Waals surface area contributed by atoms with E-state index < -0.39 is 16.0 Å². The molecule has 0 aromatic heterocycles. The zero-order valence-electron chi connectivity index (χ0n) is 9.68. The van der Waals surface area contributed by atoms with Crippen LogP contribution in [0.3, 0.4) is 0 Å². The first kappa shape index (κ1) is 13.5. The Morgan fingerprint density at radius 1 is 1.39 bits per heavy atom. The molecule has 0 aliphatic carbocycles. The maximum absolute atomic E-state index is 12.2. The lowest BCUT2D eigenvalue weighted by atomic mass is 10.1. The molecule has 1 heterocycles. The monoisotopic (exact) mass is 333 g/mol. The zero-order valence-corrected chi connectivity index (χ0v) is 12.1. The molecule has 1 saturated heterocycles. The summed E-state index contributed by atoms with van der Waals surface area (Å²) in [6.45, 7) is 2.63. The van der Waals surface area contributed by atoms with Crippen LogP contribution in [0.15, 0.2) is 21.5 Å². The molecular formula is C11H12BrNO4S. The van der Waals surface area contributed by atoms with Gasteiger partial charge in [-0.15, -0.1) is 0 Å². The fourth-order valence-corrected chi connectivity index (χ4v) is 3.88. The van der Waals surface area contributed by atoms with Crippen molar-refractivity contribution < 1.29 is 18.3 Å². The molecule has 5 nitrogen and oxygen atoms in total. The third-order valence-corrected chi connectivity index (χ3v) is 5.70. The second-order valence-electron chi connectivity index (χ2n) is 4.14. The summed E-state index contributed by atoms with van der Waals surface area (Å²) in [7, 11) is -3.56. The fourth-order valence-electron chi connectivity index (χ4n) is 1.70. The highest BCUT2D eigenvalue weighted by atomic mass is 79.9. The highest BCUT2D eigenvalue weighted by Gasteiger charge is 2.30. The summed E-state index contributed by atoms with van der Waals surface area (Å²) in [5.74, 6) is -1.13. The summed E-state index contributed by atoms with van der Waals surface area (Å²) in [5.41, 5.74) is 0.522. The molecule has 0 saturated carbocycles. The zero-order chi connectivity index (χ0) is 13.5. The van der Waals surface area contributed by atoms with Crippen molar-refractivity contribution in [1.82, 2.24) is 4.31 Å². The number of benzene rings is 1. The van der Waals surface area contributed by atoms with Gasteiger partial charge in [-0.25, -0.2) is 13.2 Å². The van der Waals surface area contributed by atoms with Crippen LogP contribution in [0.5, 0.6) is 0 Å².